The third kappa shape index (κ3) is 6.52. The number of ether oxygens (including phenoxy) is 1. The molecule has 0 spiro atoms. The van der Waals surface area contributed by atoms with Gasteiger partial charge in [0.1, 0.15) is 0 Å². The smallest absolute Gasteiger partial charge is 0.357 e. The zero-order chi connectivity index (χ0) is 13.7. The van der Waals surface area contributed by atoms with E-state index in [0.29, 0.717) is 0 Å². The third-order valence-corrected chi connectivity index (χ3v) is 1.68. The van der Waals surface area contributed by atoms with Crippen LogP contribution in [0.4, 0.5) is 26.3 Å². The van der Waals surface area contributed by atoms with E-state index in [1.807, 2.05) is 0 Å². The second-order valence-corrected chi connectivity index (χ2v) is 3.36. The summed E-state index contributed by atoms with van der Waals surface area (Å²) in [5.74, 6) is 0. The van der Waals surface area contributed by atoms with E-state index in [9.17, 15) is 26.3 Å². The zero-order valence-corrected chi connectivity index (χ0v) is 9.03. The third-order valence-electron chi connectivity index (χ3n) is 1.68. The molecule has 2 nitrogen and oxygen atoms in total. The second-order valence-electron chi connectivity index (χ2n) is 3.36. The molecule has 0 aliphatic carbocycles. The van der Waals surface area contributed by atoms with Gasteiger partial charge in [-0.05, 0) is 6.92 Å². The Morgan fingerprint density at radius 2 is 1.65 bits per heavy atom. The molecule has 0 aliphatic rings. The van der Waals surface area contributed by atoms with Gasteiger partial charge in [0.15, 0.2) is 0 Å². The maximum absolute atomic E-state index is 12.1. The minimum atomic E-state index is -5.47. The summed E-state index contributed by atoms with van der Waals surface area (Å²) in [7, 11) is 0. The standard InChI is InChI=1S/C9H13F6NO/c1-3-4-16-5-6(2)17-7(8(10,11)12)9(13,14)15/h3,6-7,16H,1,4-5H2,2H3. The van der Waals surface area contributed by atoms with Gasteiger partial charge in [0.05, 0.1) is 6.10 Å². The fourth-order valence-electron chi connectivity index (χ4n) is 1.01. The Morgan fingerprint density at radius 1 is 1.18 bits per heavy atom. The van der Waals surface area contributed by atoms with Crippen LogP contribution in [0, 0.1) is 0 Å². The summed E-state index contributed by atoms with van der Waals surface area (Å²) < 4.78 is 76.5. The van der Waals surface area contributed by atoms with Crippen molar-refractivity contribution < 1.29 is 31.1 Å². The van der Waals surface area contributed by atoms with Gasteiger partial charge < -0.3 is 10.1 Å². The first-order valence-electron chi connectivity index (χ1n) is 4.69. The van der Waals surface area contributed by atoms with Gasteiger partial charge in [0, 0.05) is 13.1 Å². The van der Waals surface area contributed by atoms with Crippen molar-refractivity contribution in [1.82, 2.24) is 5.32 Å². The molecule has 1 N–H and O–H groups in total. The first-order valence-corrected chi connectivity index (χ1v) is 4.69. The fraction of sp³-hybridized carbons (Fsp3) is 0.778. The Balaban J connectivity index is 4.40. The molecule has 0 amide bonds. The Labute approximate surface area is 94.6 Å². The monoisotopic (exact) mass is 265 g/mol. The number of alkyl halides is 6. The molecule has 17 heavy (non-hydrogen) atoms. The maximum Gasteiger partial charge on any atom is 0.423 e. The number of hydrogen-bond acceptors (Lipinski definition) is 2. The van der Waals surface area contributed by atoms with Crippen LogP contribution in [0.3, 0.4) is 0 Å². The summed E-state index contributed by atoms with van der Waals surface area (Å²) in [6.45, 7) is 4.60. The molecule has 0 rings (SSSR count). The quantitative estimate of drug-likeness (QED) is 0.453. The number of halogens is 6. The normalized spacial score (nSPS) is 15.1. The van der Waals surface area contributed by atoms with E-state index in [4.69, 9.17) is 0 Å². The van der Waals surface area contributed by atoms with Crippen molar-refractivity contribution in [1.29, 1.82) is 0 Å². The molecule has 0 saturated heterocycles. The van der Waals surface area contributed by atoms with Gasteiger partial charge in [-0.25, -0.2) is 0 Å². The molecule has 0 aromatic heterocycles. The highest BCUT2D eigenvalue weighted by Crippen LogP contribution is 2.36. The van der Waals surface area contributed by atoms with Crippen LogP contribution in [-0.4, -0.2) is 37.7 Å². The molecule has 0 fully saturated rings. The lowest BCUT2D eigenvalue weighted by Crippen LogP contribution is -2.47. The molecule has 0 aliphatic heterocycles. The first kappa shape index (κ1) is 16.2. The van der Waals surface area contributed by atoms with Gasteiger partial charge in [-0.3, -0.25) is 0 Å². The van der Waals surface area contributed by atoms with Gasteiger partial charge >= 0.3 is 12.4 Å². The Hall–Kier alpha value is -0.760. The summed E-state index contributed by atoms with van der Waals surface area (Å²) in [6, 6.07) is 0. The van der Waals surface area contributed by atoms with E-state index < -0.39 is 24.6 Å². The summed E-state index contributed by atoms with van der Waals surface area (Å²) >= 11 is 0. The van der Waals surface area contributed by atoms with Crippen molar-refractivity contribution in [3.63, 3.8) is 0 Å². The Bertz CT molecular complexity index is 223. The van der Waals surface area contributed by atoms with Crippen LogP contribution in [0.15, 0.2) is 12.7 Å². The Kier molecular flexibility index (Phi) is 5.97. The van der Waals surface area contributed by atoms with Crippen LogP contribution < -0.4 is 5.32 Å². The van der Waals surface area contributed by atoms with Gasteiger partial charge in [0.25, 0.3) is 0 Å². The van der Waals surface area contributed by atoms with Crippen LogP contribution in [0.1, 0.15) is 6.92 Å². The molecule has 0 heterocycles. The molecule has 0 bridgehead atoms. The number of nitrogens with one attached hydrogen (secondary N) is 1. The van der Waals surface area contributed by atoms with Crippen molar-refractivity contribution in [2.24, 2.45) is 0 Å². The summed E-state index contributed by atoms with van der Waals surface area (Å²) in [5.41, 5.74) is 0. The Morgan fingerprint density at radius 3 is 2.00 bits per heavy atom. The van der Waals surface area contributed by atoms with Crippen LogP contribution in [-0.2, 0) is 4.74 Å². The average molecular weight is 265 g/mol. The van der Waals surface area contributed by atoms with Gasteiger partial charge in [-0.1, -0.05) is 6.08 Å². The van der Waals surface area contributed by atoms with Gasteiger partial charge in [-0.15, -0.1) is 6.58 Å². The predicted molar refractivity (Wildman–Crippen MR) is 49.5 cm³/mol. The highest BCUT2D eigenvalue weighted by atomic mass is 19.4. The maximum atomic E-state index is 12.1. The number of hydrogen-bond donors (Lipinski definition) is 1. The molecule has 0 aromatic rings. The van der Waals surface area contributed by atoms with E-state index in [1.165, 1.54) is 6.08 Å². The topological polar surface area (TPSA) is 21.3 Å². The van der Waals surface area contributed by atoms with Crippen molar-refractivity contribution in [2.45, 2.75) is 31.5 Å². The molecule has 1 unspecified atom stereocenters. The lowest BCUT2D eigenvalue weighted by molar-refractivity contribution is -0.329. The van der Waals surface area contributed by atoms with E-state index in [2.05, 4.69) is 16.6 Å². The summed E-state index contributed by atoms with van der Waals surface area (Å²) in [5, 5.41) is 2.57. The zero-order valence-electron chi connectivity index (χ0n) is 9.03. The largest absolute Gasteiger partial charge is 0.423 e. The van der Waals surface area contributed by atoms with Crippen molar-refractivity contribution in [2.75, 3.05) is 13.1 Å². The highest BCUT2D eigenvalue weighted by molar-refractivity contribution is 4.78. The van der Waals surface area contributed by atoms with Crippen LogP contribution in [0.2, 0.25) is 0 Å². The number of rotatable bonds is 6. The van der Waals surface area contributed by atoms with Gasteiger partial charge in [-0.2, -0.15) is 26.3 Å². The highest BCUT2D eigenvalue weighted by Gasteiger charge is 2.58. The van der Waals surface area contributed by atoms with E-state index >= 15 is 0 Å². The molecule has 8 heteroatoms. The van der Waals surface area contributed by atoms with E-state index in [-0.39, 0.29) is 13.1 Å². The second kappa shape index (κ2) is 6.25. The average Bonchev–Trinajstić information content (AvgIpc) is 2.11. The van der Waals surface area contributed by atoms with Gasteiger partial charge in [0.2, 0.25) is 6.10 Å². The minimum absolute atomic E-state index is 0.130. The molecular weight excluding hydrogens is 252 g/mol. The van der Waals surface area contributed by atoms with Crippen LogP contribution >= 0.6 is 0 Å². The summed E-state index contributed by atoms with van der Waals surface area (Å²) in [6.07, 6.45) is -14.5. The van der Waals surface area contributed by atoms with Crippen molar-refractivity contribution in [3.05, 3.63) is 12.7 Å². The lowest BCUT2D eigenvalue weighted by atomic mass is 10.3. The fourth-order valence-corrected chi connectivity index (χ4v) is 1.01. The van der Waals surface area contributed by atoms with E-state index in [0.717, 1.165) is 6.92 Å². The first-order chi connectivity index (χ1) is 7.59. The summed E-state index contributed by atoms with van der Waals surface area (Å²) in [4.78, 5) is 0. The SMILES string of the molecule is C=CCNCC(C)OC(C(F)(F)F)C(F)(F)F. The minimum Gasteiger partial charge on any atom is -0.357 e. The van der Waals surface area contributed by atoms with Crippen molar-refractivity contribution >= 4 is 0 Å². The van der Waals surface area contributed by atoms with Crippen molar-refractivity contribution in [3.8, 4) is 0 Å². The molecule has 0 aromatic carbocycles. The van der Waals surface area contributed by atoms with Crippen LogP contribution in [0.5, 0.6) is 0 Å². The molecule has 1 atom stereocenters. The molecular formula is C9H13F6NO. The molecule has 0 radical (unpaired) electrons. The van der Waals surface area contributed by atoms with Crippen LogP contribution in [0.25, 0.3) is 0 Å². The molecule has 0 saturated carbocycles. The molecule has 102 valence electrons. The van der Waals surface area contributed by atoms with E-state index in [1.54, 1.807) is 0 Å². The lowest BCUT2D eigenvalue weighted by Gasteiger charge is -2.26. The predicted octanol–water partition coefficient (Wildman–Crippen LogP) is 2.66.